The van der Waals surface area contributed by atoms with Crippen molar-refractivity contribution in [2.75, 3.05) is 18.5 Å². The van der Waals surface area contributed by atoms with Gasteiger partial charge in [-0.3, -0.25) is 4.79 Å². The molecule has 4 rings (SSSR count). The molecule has 4 nitrogen and oxygen atoms in total. The van der Waals surface area contributed by atoms with Gasteiger partial charge in [-0.15, -0.1) is 0 Å². The third-order valence-corrected chi connectivity index (χ3v) is 13.0. The first kappa shape index (κ1) is 52.2. The van der Waals surface area contributed by atoms with Gasteiger partial charge in [-0.1, -0.05) is 246 Å². The molecular weight excluding hydrogens is 818 g/mol. The Labute approximate surface area is 393 Å². The van der Waals surface area contributed by atoms with Crippen molar-refractivity contribution in [2.45, 2.75) is 194 Å². The highest BCUT2D eigenvalue weighted by Crippen LogP contribution is 2.46. The summed E-state index contributed by atoms with van der Waals surface area (Å²) in [5.74, 6) is 1.39. The van der Waals surface area contributed by atoms with Gasteiger partial charge in [0.25, 0.3) is 5.91 Å². The molecule has 0 aliphatic carbocycles. The second-order valence-electron chi connectivity index (χ2n) is 17.7. The van der Waals surface area contributed by atoms with Crippen LogP contribution in [0.15, 0.2) is 84.9 Å². The lowest BCUT2D eigenvalue weighted by atomic mass is 9.97. The lowest BCUT2D eigenvalue weighted by molar-refractivity contribution is 0.102. The number of carbonyl (C=O) groups excluding carboxylic acids is 1. The SMILES string of the molecule is CCCCCCCCCCCCCCCCOc1ccc(-c2cc(Cl)c(-c3ccc(OCCCCCCCCCCCCCCCC)cc3)c(NC(=O)c3ccccc3)c2Cl)cc1. The summed E-state index contributed by atoms with van der Waals surface area (Å²) in [4.78, 5) is 13.6. The minimum Gasteiger partial charge on any atom is -0.494 e. The molecule has 346 valence electrons. The number of benzene rings is 4. The van der Waals surface area contributed by atoms with Crippen LogP contribution in [0.3, 0.4) is 0 Å². The molecule has 0 heterocycles. The Hall–Kier alpha value is -3.47. The third-order valence-electron chi connectivity index (χ3n) is 12.3. The van der Waals surface area contributed by atoms with E-state index in [9.17, 15) is 4.79 Å². The van der Waals surface area contributed by atoms with Gasteiger partial charge >= 0.3 is 0 Å². The number of amides is 1. The van der Waals surface area contributed by atoms with Crippen molar-refractivity contribution in [1.29, 1.82) is 0 Å². The van der Waals surface area contributed by atoms with E-state index in [1.165, 1.54) is 167 Å². The standard InChI is InChI=1S/C57H81Cl2NO3/c1-3-5-7-9-11-13-15-17-19-21-23-25-27-32-44-62-50-40-36-47(37-41-50)52-46-53(58)54(56(55(52)59)60-57(61)49-34-30-29-31-35-49)48-38-42-51(43-39-48)63-45-33-28-26-24-22-20-18-16-14-12-10-8-6-4-2/h29-31,34-43,46H,3-28,32-33,44-45H2,1-2H3,(H,60,61). The third kappa shape index (κ3) is 20.9. The zero-order valence-electron chi connectivity index (χ0n) is 39.3. The summed E-state index contributed by atoms with van der Waals surface area (Å²) < 4.78 is 12.3. The van der Waals surface area contributed by atoms with E-state index in [4.69, 9.17) is 32.7 Å². The second kappa shape index (κ2) is 33.1. The van der Waals surface area contributed by atoms with Crippen molar-refractivity contribution >= 4 is 34.8 Å². The summed E-state index contributed by atoms with van der Waals surface area (Å²) in [6.45, 7) is 5.97. The van der Waals surface area contributed by atoms with E-state index >= 15 is 0 Å². The zero-order chi connectivity index (χ0) is 44.6. The first-order valence-corrected chi connectivity index (χ1v) is 26.1. The van der Waals surface area contributed by atoms with Crippen molar-refractivity contribution in [3.8, 4) is 33.8 Å². The minimum atomic E-state index is -0.257. The van der Waals surface area contributed by atoms with Gasteiger partial charge < -0.3 is 14.8 Å². The maximum atomic E-state index is 13.6. The zero-order valence-corrected chi connectivity index (χ0v) is 40.8. The fourth-order valence-corrected chi connectivity index (χ4v) is 9.05. The Balaban J connectivity index is 1.24. The molecule has 0 fully saturated rings. The summed E-state index contributed by atoms with van der Waals surface area (Å²) in [5.41, 5.74) is 4.14. The Morgan fingerprint density at radius 3 is 1.22 bits per heavy atom. The lowest BCUT2D eigenvalue weighted by Crippen LogP contribution is -2.13. The molecule has 0 spiro atoms. The summed E-state index contributed by atoms with van der Waals surface area (Å²) >= 11 is 14.3. The molecule has 0 saturated heterocycles. The van der Waals surface area contributed by atoms with Gasteiger partial charge in [-0.25, -0.2) is 0 Å². The van der Waals surface area contributed by atoms with Crippen molar-refractivity contribution in [3.63, 3.8) is 0 Å². The molecule has 0 radical (unpaired) electrons. The number of nitrogens with one attached hydrogen (secondary N) is 1. The van der Waals surface area contributed by atoms with Gasteiger partial charge in [0.1, 0.15) is 11.5 Å². The molecule has 4 aromatic carbocycles. The van der Waals surface area contributed by atoms with Gasteiger partial charge in [-0.2, -0.15) is 0 Å². The van der Waals surface area contributed by atoms with Gasteiger partial charge in [-0.05, 0) is 66.4 Å². The van der Waals surface area contributed by atoms with Gasteiger partial charge in [0.2, 0.25) is 0 Å². The Bertz CT molecular complexity index is 1780. The summed E-state index contributed by atoms with van der Waals surface area (Å²) in [7, 11) is 0. The number of carbonyl (C=O) groups is 1. The number of hydrogen-bond acceptors (Lipinski definition) is 3. The molecule has 0 aliphatic heterocycles. The van der Waals surface area contributed by atoms with Crippen LogP contribution in [0.5, 0.6) is 11.5 Å². The topological polar surface area (TPSA) is 47.6 Å². The molecule has 0 atom stereocenters. The Kier molecular flexibility index (Phi) is 27.4. The summed E-state index contributed by atoms with van der Waals surface area (Å²) in [6, 6.07) is 26.9. The molecule has 1 amide bonds. The predicted molar refractivity (Wildman–Crippen MR) is 273 cm³/mol. The maximum absolute atomic E-state index is 13.6. The van der Waals surface area contributed by atoms with E-state index in [1.807, 2.05) is 72.8 Å². The molecule has 6 heteroatoms. The minimum absolute atomic E-state index is 0.257. The quantitative estimate of drug-likeness (QED) is 0.0463. The van der Waals surface area contributed by atoms with Crippen LogP contribution in [0.25, 0.3) is 22.3 Å². The van der Waals surface area contributed by atoms with Crippen LogP contribution in [0.4, 0.5) is 5.69 Å². The molecule has 0 aromatic heterocycles. The summed E-state index contributed by atoms with van der Waals surface area (Å²) in [6.07, 6.45) is 37.4. The number of anilines is 1. The number of rotatable bonds is 36. The van der Waals surface area contributed by atoms with Crippen LogP contribution in [0.2, 0.25) is 10.0 Å². The molecule has 0 bridgehead atoms. The summed E-state index contributed by atoms with van der Waals surface area (Å²) in [5, 5.41) is 4.03. The number of ether oxygens (including phenoxy) is 2. The smallest absolute Gasteiger partial charge is 0.255 e. The number of halogens is 2. The van der Waals surface area contributed by atoms with E-state index in [0.717, 1.165) is 41.0 Å². The van der Waals surface area contributed by atoms with Crippen LogP contribution in [-0.2, 0) is 0 Å². The first-order chi connectivity index (χ1) is 31.0. The number of hydrogen-bond donors (Lipinski definition) is 1. The van der Waals surface area contributed by atoms with Crippen molar-refractivity contribution in [2.24, 2.45) is 0 Å². The normalized spacial score (nSPS) is 11.2. The number of unbranched alkanes of at least 4 members (excludes halogenated alkanes) is 26. The average Bonchev–Trinajstić information content (AvgIpc) is 3.31. The maximum Gasteiger partial charge on any atom is 0.255 e. The molecular formula is C57H81Cl2NO3. The second-order valence-corrected chi connectivity index (χ2v) is 18.5. The van der Waals surface area contributed by atoms with E-state index in [0.29, 0.717) is 40.1 Å². The van der Waals surface area contributed by atoms with E-state index in [-0.39, 0.29) is 5.91 Å². The fourth-order valence-electron chi connectivity index (χ4n) is 8.43. The fraction of sp³-hybridized carbons (Fsp3) is 0.561. The monoisotopic (exact) mass is 898 g/mol. The molecule has 63 heavy (non-hydrogen) atoms. The molecule has 1 N–H and O–H groups in total. The molecule has 4 aromatic rings. The highest BCUT2D eigenvalue weighted by molar-refractivity contribution is 6.41. The van der Waals surface area contributed by atoms with Crippen LogP contribution < -0.4 is 14.8 Å². The highest BCUT2D eigenvalue weighted by atomic mass is 35.5. The highest BCUT2D eigenvalue weighted by Gasteiger charge is 2.21. The van der Waals surface area contributed by atoms with Crippen LogP contribution >= 0.6 is 23.2 Å². The lowest BCUT2D eigenvalue weighted by Gasteiger charge is -2.19. The van der Waals surface area contributed by atoms with E-state index in [2.05, 4.69) is 19.2 Å². The van der Waals surface area contributed by atoms with Crippen LogP contribution in [0.1, 0.15) is 204 Å². The Morgan fingerprint density at radius 2 is 0.825 bits per heavy atom. The molecule has 0 unspecified atom stereocenters. The van der Waals surface area contributed by atoms with Gasteiger partial charge in [0.15, 0.2) is 0 Å². The average molecular weight is 899 g/mol. The van der Waals surface area contributed by atoms with Crippen molar-refractivity contribution in [3.05, 3.63) is 101 Å². The molecule has 0 saturated carbocycles. The van der Waals surface area contributed by atoms with Gasteiger partial charge in [0, 0.05) is 16.7 Å². The van der Waals surface area contributed by atoms with Crippen LogP contribution in [-0.4, -0.2) is 19.1 Å². The first-order valence-electron chi connectivity index (χ1n) is 25.4. The largest absolute Gasteiger partial charge is 0.494 e. The van der Waals surface area contributed by atoms with Crippen molar-refractivity contribution < 1.29 is 14.3 Å². The molecule has 0 aliphatic rings. The van der Waals surface area contributed by atoms with E-state index < -0.39 is 0 Å². The van der Waals surface area contributed by atoms with E-state index in [1.54, 1.807) is 12.1 Å². The Morgan fingerprint density at radius 1 is 0.460 bits per heavy atom. The predicted octanol–water partition coefficient (Wildman–Crippen LogP) is 19.3. The van der Waals surface area contributed by atoms with Gasteiger partial charge in [0.05, 0.1) is 28.9 Å². The van der Waals surface area contributed by atoms with Crippen molar-refractivity contribution in [1.82, 2.24) is 0 Å². The van der Waals surface area contributed by atoms with Crippen LogP contribution in [0, 0.1) is 0 Å².